The SMILES string of the molecule is Cc1ccc(O)c(C(=O)/C=C/c2ccc(O)c(O)c2)c1. The second-order valence-corrected chi connectivity index (χ2v) is 4.47. The Bertz CT molecular complexity index is 687. The lowest BCUT2D eigenvalue weighted by Gasteiger charge is -2.02. The zero-order valence-electron chi connectivity index (χ0n) is 10.9. The highest BCUT2D eigenvalue weighted by atomic mass is 16.3. The van der Waals surface area contributed by atoms with E-state index in [9.17, 15) is 20.1 Å². The quantitative estimate of drug-likeness (QED) is 0.455. The van der Waals surface area contributed by atoms with Gasteiger partial charge in [-0.25, -0.2) is 0 Å². The molecule has 4 nitrogen and oxygen atoms in total. The van der Waals surface area contributed by atoms with Gasteiger partial charge in [-0.05, 0) is 42.8 Å². The summed E-state index contributed by atoms with van der Waals surface area (Å²) < 4.78 is 0. The third-order valence-electron chi connectivity index (χ3n) is 2.84. The largest absolute Gasteiger partial charge is 0.507 e. The summed E-state index contributed by atoms with van der Waals surface area (Å²) in [6.07, 6.45) is 2.81. The van der Waals surface area contributed by atoms with Crippen molar-refractivity contribution in [2.45, 2.75) is 6.92 Å². The fourth-order valence-corrected chi connectivity index (χ4v) is 1.75. The zero-order chi connectivity index (χ0) is 14.7. The Labute approximate surface area is 116 Å². The number of rotatable bonds is 3. The number of phenols is 3. The van der Waals surface area contributed by atoms with Crippen LogP contribution in [0.3, 0.4) is 0 Å². The van der Waals surface area contributed by atoms with Crippen LogP contribution in [-0.2, 0) is 0 Å². The number of phenolic OH excluding ortho intramolecular Hbond substituents is 3. The van der Waals surface area contributed by atoms with Crippen molar-refractivity contribution in [3.05, 3.63) is 59.2 Å². The van der Waals surface area contributed by atoms with Gasteiger partial charge in [0.15, 0.2) is 17.3 Å². The van der Waals surface area contributed by atoms with Crippen molar-refractivity contribution in [2.24, 2.45) is 0 Å². The lowest BCUT2D eigenvalue weighted by atomic mass is 10.1. The number of aromatic hydroxyl groups is 3. The first-order chi connectivity index (χ1) is 9.47. The molecular weight excluding hydrogens is 256 g/mol. The molecule has 0 heterocycles. The molecule has 0 radical (unpaired) electrons. The first-order valence-electron chi connectivity index (χ1n) is 6.01. The predicted octanol–water partition coefficient (Wildman–Crippen LogP) is 3.01. The van der Waals surface area contributed by atoms with Crippen LogP contribution in [0.1, 0.15) is 21.5 Å². The van der Waals surface area contributed by atoms with Crippen molar-refractivity contribution in [2.75, 3.05) is 0 Å². The van der Waals surface area contributed by atoms with Gasteiger partial charge in [0.05, 0.1) is 5.56 Å². The third-order valence-corrected chi connectivity index (χ3v) is 2.84. The number of hydrogen-bond acceptors (Lipinski definition) is 4. The van der Waals surface area contributed by atoms with E-state index in [0.717, 1.165) is 5.56 Å². The molecule has 0 spiro atoms. The van der Waals surface area contributed by atoms with Crippen molar-refractivity contribution in [1.29, 1.82) is 0 Å². The lowest BCUT2D eigenvalue weighted by Crippen LogP contribution is -1.95. The van der Waals surface area contributed by atoms with Crippen LogP contribution < -0.4 is 0 Å². The van der Waals surface area contributed by atoms with Crippen LogP contribution in [0.4, 0.5) is 0 Å². The van der Waals surface area contributed by atoms with Gasteiger partial charge in [0.1, 0.15) is 5.75 Å². The van der Waals surface area contributed by atoms with E-state index in [1.54, 1.807) is 18.2 Å². The third kappa shape index (κ3) is 2.98. The van der Waals surface area contributed by atoms with E-state index in [2.05, 4.69) is 0 Å². The highest BCUT2D eigenvalue weighted by Gasteiger charge is 2.08. The van der Waals surface area contributed by atoms with Crippen LogP contribution in [-0.4, -0.2) is 21.1 Å². The number of benzene rings is 2. The van der Waals surface area contributed by atoms with E-state index in [-0.39, 0.29) is 28.6 Å². The molecule has 2 rings (SSSR count). The van der Waals surface area contributed by atoms with Gasteiger partial charge >= 0.3 is 0 Å². The van der Waals surface area contributed by atoms with Crippen LogP contribution in [0.15, 0.2) is 42.5 Å². The number of aryl methyl sites for hydroxylation is 1. The van der Waals surface area contributed by atoms with E-state index in [1.165, 1.54) is 30.4 Å². The minimum atomic E-state index is -0.334. The summed E-state index contributed by atoms with van der Waals surface area (Å²) in [5.41, 5.74) is 1.67. The number of hydrogen-bond donors (Lipinski definition) is 3. The molecule has 102 valence electrons. The van der Waals surface area contributed by atoms with Gasteiger partial charge in [0.25, 0.3) is 0 Å². The van der Waals surface area contributed by atoms with Gasteiger partial charge in [-0.15, -0.1) is 0 Å². The van der Waals surface area contributed by atoms with Crippen molar-refractivity contribution < 1.29 is 20.1 Å². The monoisotopic (exact) mass is 270 g/mol. The summed E-state index contributed by atoms with van der Waals surface area (Å²) in [6.45, 7) is 1.83. The first-order valence-corrected chi connectivity index (χ1v) is 6.01. The maximum absolute atomic E-state index is 12.0. The number of carbonyl (C=O) groups excluding carboxylic acids is 1. The Balaban J connectivity index is 2.24. The van der Waals surface area contributed by atoms with Crippen molar-refractivity contribution in [3.63, 3.8) is 0 Å². The van der Waals surface area contributed by atoms with Gasteiger partial charge in [-0.3, -0.25) is 4.79 Å². The molecule has 0 saturated carbocycles. The molecule has 0 amide bonds. The molecule has 0 unspecified atom stereocenters. The van der Waals surface area contributed by atoms with Crippen LogP contribution in [0.25, 0.3) is 6.08 Å². The zero-order valence-corrected chi connectivity index (χ0v) is 10.9. The Hall–Kier alpha value is -2.75. The van der Waals surface area contributed by atoms with E-state index >= 15 is 0 Å². The first kappa shape index (κ1) is 13.7. The summed E-state index contributed by atoms with van der Waals surface area (Å²) in [7, 11) is 0. The van der Waals surface area contributed by atoms with Crippen LogP contribution in [0.5, 0.6) is 17.2 Å². The molecule has 2 aromatic carbocycles. The highest BCUT2D eigenvalue weighted by Crippen LogP contribution is 2.25. The average Bonchev–Trinajstić information content (AvgIpc) is 2.42. The Morgan fingerprint density at radius 1 is 0.950 bits per heavy atom. The smallest absolute Gasteiger partial charge is 0.189 e. The molecule has 0 saturated heterocycles. The van der Waals surface area contributed by atoms with E-state index in [0.29, 0.717) is 5.56 Å². The van der Waals surface area contributed by atoms with Crippen molar-refractivity contribution >= 4 is 11.9 Å². The van der Waals surface area contributed by atoms with E-state index in [4.69, 9.17) is 0 Å². The second kappa shape index (κ2) is 5.48. The van der Waals surface area contributed by atoms with Crippen LogP contribution >= 0.6 is 0 Å². The highest BCUT2D eigenvalue weighted by molar-refractivity contribution is 6.08. The summed E-state index contributed by atoms with van der Waals surface area (Å²) in [6, 6.07) is 9.04. The maximum Gasteiger partial charge on any atom is 0.189 e. The summed E-state index contributed by atoms with van der Waals surface area (Å²) in [5, 5.41) is 28.2. The fraction of sp³-hybridized carbons (Fsp3) is 0.0625. The van der Waals surface area contributed by atoms with Crippen LogP contribution in [0, 0.1) is 6.92 Å². The molecule has 2 aromatic rings. The van der Waals surface area contributed by atoms with Gasteiger partial charge in [0, 0.05) is 0 Å². The molecule has 20 heavy (non-hydrogen) atoms. The Morgan fingerprint density at radius 3 is 2.35 bits per heavy atom. The summed E-state index contributed by atoms with van der Waals surface area (Å²) in [5.74, 6) is -0.875. The number of carbonyl (C=O) groups is 1. The molecule has 0 bridgehead atoms. The Morgan fingerprint density at radius 2 is 1.65 bits per heavy atom. The van der Waals surface area contributed by atoms with Gasteiger partial charge in [-0.2, -0.15) is 0 Å². The molecule has 0 atom stereocenters. The van der Waals surface area contributed by atoms with E-state index in [1.807, 2.05) is 6.92 Å². The standard InChI is InChI=1S/C16H14O4/c1-10-2-5-13(17)12(8-10)14(18)6-3-11-4-7-15(19)16(20)9-11/h2-9,17,19-20H,1H3/b6-3+. The van der Waals surface area contributed by atoms with Gasteiger partial charge in [0.2, 0.25) is 0 Å². The summed E-state index contributed by atoms with van der Waals surface area (Å²) in [4.78, 5) is 12.0. The summed E-state index contributed by atoms with van der Waals surface area (Å²) >= 11 is 0. The molecule has 0 aliphatic heterocycles. The van der Waals surface area contributed by atoms with Gasteiger partial charge < -0.3 is 15.3 Å². The topological polar surface area (TPSA) is 77.8 Å². The molecule has 3 N–H and O–H groups in total. The fourth-order valence-electron chi connectivity index (χ4n) is 1.75. The van der Waals surface area contributed by atoms with Gasteiger partial charge in [-0.1, -0.05) is 23.8 Å². The molecule has 0 aromatic heterocycles. The number of allylic oxidation sites excluding steroid dienone is 1. The molecule has 4 heteroatoms. The second-order valence-electron chi connectivity index (χ2n) is 4.47. The Kier molecular flexibility index (Phi) is 3.75. The van der Waals surface area contributed by atoms with Crippen molar-refractivity contribution in [1.82, 2.24) is 0 Å². The maximum atomic E-state index is 12.0. The predicted molar refractivity (Wildman–Crippen MR) is 76.0 cm³/mol. The molecule has 0 aliphatic carbocycles. The minimum Gasteiger partial charge on any atom is -0.507 e. The van der Waals surface area contributed by atoms with Crippen molar-refractivity contribution in [3.8, 4) is 17.2 Å². The minimum absolute atomic E-state index is 0.0706. The lowest BCUT2D eigenvalue weighted by molar-refractivity contribution is 0.104. The van der Waals surface area contributed by atoms with E-state index < -0.39 is 0 Å². The molecule has 0 fully saturated rings. The number of ketones is 1. The van der Waals surface area contributed by atoms with Crippen LogP contribution in [0.2, 0.25) is 0 Å². The molecular formula is C16H14O4. The molecule has 0 aliphatic rings. The normalized spacial score (nSPS) is 10.8. The average molecular weight is 270 g/mol.